The van der Waals surface area contributed by atoms with Crippen LogP contribution in [0.25, 0.3) is 11.4 Å². The predicted molar refractivity (Wildman–Crippen MR) is 102 cm³/mol. The first-order valence-electron chi connectivity index (χ1n) is 7.42. The van der Waals surface area contributed by atoms with Gasteiger partial charge in [0.15, 0.2) is 0 Å². The van der Waals surface area contributed by atoms with Gasteiger partial charge in [0.1, 0.15) is 0 Å². The van der Waals surface area contributed by atoms with E-state index in [-0.39, 0.29) is 67.5 Å². The summed E-state index contributed by atoms with van der Waals surface area (Å²) in [4.78, 5) is 8.96. The first-order valence-corrected chi connectivity index (χ1v) is 10.1. The van der Waals surface area contributed by atoms with E-state index in [0.29, 0.717) is 0 Å². The third-order valence-electron chi connectivity index (χ3n) is 2.27. The molecule has 2 aromatic rings. The molecule has 0 aromatic carbocycles. The second-order valence-corrected chi connectivity index (χ2v) is 6.88. The van der Waals surface area contributed by atoms with Gasteiger partial charge in [-0.2, -0.15) is 0 Å². The Hall–Kier alpha value is 0.457. The zero-order valence-electron chi connectivity index (χ0n) is 15.6. The van der Waals surface area contributed by atoms with Crippen LogP contribution < -0.4 is 0 Å². The maximum atomic E-state index is 4.65. The smallest absolute Gasteiger partial charge is 0 e. The van der Waals surface area contributed by atoms with Crippen LogP contribution in [0.15, 0.2) is 42.6 Å². The first kappa shape index (κ1) is 31.2. The molecular weight excluding hydrogens is 465 g/mol. The quantitative estimate of drug-likeness (QED) is 0.325. The molecule has 0 aliphatic heterocycles. The fourth-order valence-corrected chi connectivity index (χ4v) is 2.52. The summed E-state index contributed by atoms with van der Waals surface area (Å²) < 4.78 is 0. The predicted octanol–water partition coefficient (Wildman–Crippen LogP) is 5.35. The standard InChI is InChI=1S/C13H15N2P.2C2H6.CH3.Ru.Y.H/c1-16(2)10-11-6-5-8-13(15-11)12-7-3-4-9-14-12;2*1-2;;;;/h3-9H,10H2,1-2H3;2*1-2H3;1H3;;;/q;;;-1;+1;;/p+1. The zero-order valence-corrected chi connectivity index (χ0v) is 21.3. The van der Waals surface area contributed by atoms with Crippen molar-refractivity contribution in [1.82, 2.24) is 9.97 Å². The molecular formula is C18H32N2PRuY+. The van der Waals surface area contributed by atoms with Crippen molar-refractivity contribution in [2.45, 2.75) is 33.9 Å². The van der Waals surface area contributed by atoms with E-state index in [0.717, 1.165) is 17.5 Å². The van der Waals surface area contributed by atoms with Gasteiger partial charge in [0, 0.05) is 60.2 Å². The third-order valence-corrected chi connectivity index (χ3v) is 3.34. The molecule has 129 valence electrons. The Bertz CT molecular complexity index is 468. The molecule has 2 heterocycles. The first-order chi connectivity index (χ1) is 9.75. The maximum Gasteiger partial charge on any atom is 0 e. The topological polar surface area (TPSA) is 25.8 Å². The Morgan fingerprint density at radius 3 is 1.91 bits per heavy atom. The van der Waals surface area contributed by atoms with Gasteiger partial charge in [0.05, 0.1) is 23.2 Å². The average molecular weight is 497 g/mol. The van der Waals surface area contributed by atoms with Crippen LogP contribution in [0.5, 0.6) is 0 Å². The molecule has 0 spiro atoms. The molecule has 0 bridgehead atoms. The van der Waals surface area contributed by atoms with Gasteiger partial charge >= 0.3 is 19.5 Å². The summed E-state index contributed by atoms with van der Waals surface area (Å²) in [6.45, 7) is 12.6. The summed E-state index contributed by atoms with van der Waals surface area (Å²) in [6, 6.07) is 12.1. The normalized spacial score (nSPS) is 7.96. The molecule has 0 amide bonds. The van der Waals surface area contributed by atoms with Crippen molar-refractivity contribution in [2.24, 2.45) is 0 Å². The Balaban J connectivity index is -0.000000240. The van der Waals surface area contributed by atoms with E-state index in [1.54, 1.807) is 6.20 Å². The van der Waals surface area contributed by atoms with Crippen molar-refractivity contribution in [3.63, 3.8) is 0 Å². The van der Waals surface area contributed by atoms with Crippen LogP contribution in [0.4, 0.5) is 0 Å². The van der Waals surface area contributed by atoms with Gasteiger partial charge in [-0.3, -0.25) is 4.98 Å². The Morgan fingerprint density at radius 2 is 1.43 bits per heavy atom. The van der Waals surface area contributed by atoms with Crippen molar-refractivity contribution >= 4 is 7.92 Å². The second kappa shape index (κ2) is 20.5. The molecule has 0 saturated heterocycles. The van der Waals surface area contributed by atoms with E-state index in [1.165, 1.54) is 5.69 Å². The minimum absolute atomic E-state index is 0. The monoisotopic (exact) mass is 498 g/mol. The van der Waals surface area contributed by atoms with Crippen LogP contribution >= 0.6 is 7.92 Å². The summed E-state index contributed by atoms with van der Waals surface area (Å²) >= 11 is 0. The van der Waals surface area contributed by atoms with E-state index >= 15 is 0 Å². The number of hydrogen-bond acceptors (Lipinski definition) is 2. The summed E-state index contributed by atoms with van der Waals surface area (Å²) in [5.41, 5.74) is 3.11. The minimum Gasteiger partial charge on any atom is 0 e. The number of pyridine rings is 2. The van der Waals surface area contributed by atoms with Crippen LogP contribution in [-0.2, 0) is 58.3 Å². The molecule has 2 rings (SSSR count). The van der Waals surface area contributed by atoms with E-state index in [9.17, 15) is 0 Å². The Labute approximate surface area is 183 Å². The Kier molecular flexibility index (Phi) is 27.9. The van der Waals surface area contributed by atoms with Crippen molar-refractivity contribution in [3.8, 4) is 11.4 Å². The molecule has 0 saturated carbocycles. The molecule has 0 fully saturated rings. The summed E-state index contributed by atoms with van der Waals surface area (Å²) in [6.07, 6.45) is 2.92. The van der Waals surface area contributed by atoms with Gasteiger partial charge in [-0.15, -0.1) is 0 Å². The van der Waals surface area contributed by atoms with Crippen LogP contribution in [0.2, 0.25) is 0 Å². The molecule has 2 nitrogen and oxygen atoms in total. The van der Waals surface area contributed by atoms with Crippen molar-refractivity contribution in [2.75, 3.05) is 13.3 Å². The van der Waals surface area contributed by atoms with E-state index in [1.807, 2.05) is 52.0 Å². The van der Waals surface area contributed by atoms with Crippen LogP contribution in [-0.4, -0.2) is 23.3 Å². The molecule has 5 heteroatoms. The van der Waals surface area contributed by atoms with Crippen molar-refractivity contribution in [3.05, 3.63) is 55.7 Å². The van der Waals surface area contributed by atoms with Gasteiger partial charge in [0.25, 0.3) is 0 Å². The molecule has 2 aromatic heterocycles. The van der Waals surface area contributed by atoms with E-state index < -0.39 is 0 Å². The largest absolute Gasteiger partial charge is 0 e. The van der Waals surface area contributed by atoms with Gasteiger partial charge in [-0.05, 0) is 24.3 Å². The fraction of sp³-hybridized carbons (Fsp3) is 0.389. The maximum absolute atomic E-state index is 4.65. The molecule has 0 N–H and O–H groups in total. The molecule has 0 aliphatic rings. The fourth-order valence-electron chi connectivity index (χ4n) is 1.60. The molecule has 0 unspecified atom stereocenters. The Morgan fingerprint density at radius 1 is 0.870 bits per heavy atom. The van der Waals surface area contributed by atoms with E-state index in [2.05, 4.69) is 35.4 Å². The van der Waals surface area contributed by atoms with E-state index in [4.69, 9.17) is 0 Å². The minimum atomic E-state index is -0.268. The summed E-state index contributed by atoms with van der Waals surface area (Å²) in [7, 11) is -0.268. The van der Waals surface area contributed by atoms with Gasteiger partial charge in [-0.25, -0.2) is 4.98 Å². The summed E-state index contributed by atoms with van der Waals surface area (Å²) in [5.74, 6) is 0. The van der Waals surface area contributed by atoms with Gasteiger partial charge in [0.2, 0.25) is 0 Å². The number of aromatic nitrogens is 2. The zero-order chi connectivity index (χ0) is 15.4. The summed E-state index contributed by atoms with van der Waals surface area (Å²) in [5, 5.41) is 0. The second-order valence-electron chi connectivity index (χ2n) is 4.11. The molecule has 23 heavy (non-hydrogen) atoms. The van der Waals surface area contributed by atoms with Crippen LogP contribution in [0.3, 0.4) is 0 Å². The third kappa shape index (κ3) is 13.4. The van der Waals surface area contributed by atoms with Crippen molar-refractivity contribution < 1.29 is 52.2 Å². The molecule has 2 radical (unpaired) electrons. The molecule has 0 atom stereocenters. The number of hydrogen-bond donors (Lipinski definition) is 0. The van der Waals surface area contributed by atoms with Gasteiger partial charge < -0.3 is 7.43 Å². The number of nitrogens with zero attached hydrogens (tertiary/aromatic N) is 2. The number of rotatable bonds is 3. The molecule has 0 aliphatic carbocycles. The SMILES string of the molecule is CC.CC.C[PH+](C)Cc1cccc(-c2ccccn2)n1.[CH3-].[RuH+].[Y]. The van der Waals surface area contributed by atoms with Crippen LogP contribution in [0.1, 0.15) is 33.4 Å². The van der Waals surface area contributed by atoms with Gasteiger partial charge in [-0.1, -0.05) is 39.8 Å². The van der Waals surface area contributed by atoms with Crippen molar-refractivity contribution in [1.29, 1.82) is 0 Å². The average Bonchev–Trinajstić information content (AvgIpc) is 2.52. The van der Waals surface area contributed by atoms with Crippen LogP contribution in [0, 0.1) is 7.43 Å².